The number of H-pyrrole nitrogens is 1. The molecule has 2 atom stereocenters. The largest absolute Gasteiger partial charge is 0.416 e. The van der Waals surface area contributed by atoms with E-state index in [0.29, 0.717) is 11.5 Å². The molecule has 0 spiro atoms. The Bertz CT molecular complexity index is 1190. The molecular weight excluding hydrogens is 465 g/mol. The maximum atomic E-state index is 12.8. The van der Waals surface area contributed by atoms with E-state index in [2.05, 4.69) is 45.0 Å². The highest BCUT2D eigenvalue weighted by molar-refractivity contribution is 5.90. The third kappa shape index (κ3) is 5.46. The first-order chi connectivity index (χ1) is 17.3. The van der Waals surface area contributed by atoms with E-state index >= 15 is 0 Å². The van der Waals surface area contributed by atoms with Crippen LogP contribution in [0.4, 0.5) is 30.4 Å². The molecule has 9 heteroatoms. The Hall–Kier alpha value is -3.20. The zero-order valence-corrected chi connectivity index (χ0v) is 20.5. The smallest absolute Gasteiger partial charge is 0.358 e. The van der Waals surface area contributed by atoms with E-state index in [1.54, 1.807) is 0 Å². The molecule has 2 aromatic heterocycles. The van der Waals surface area contributed by atoms with Gasteiger partial charge in [0.15, 0.2) is 0 Å². The summed E-state index contributed by atoms with van der Waals surface area (Å²) >= 11 is 0. The van der Waals surface area contributed by atoms with Crippen LogP contribution in [0.2, 0.25) is 0 Å². The number of piperazine rings is 1. The molecule has 2 fully saturated rings. The average molecular weight is 499 g/mol. The van der Waals surface area contributed by atoms with Crippen molar-refractivity contribution in [2.24, 2.45) is 5.92 Å². The van der Waals surface area contributed by atoms with Crippen molar-refractivity contribution < 1.29 is 13.2 Å². The average Bonchev–Trinajstić information content (AvgIpc) is 3.25. The second-order valence-corrected chi connectivity index (χ2v) is 10.0. The minimum Gasteiger partial charge on any atom is -0.358 e. The Labute approximate surface area is 209 Å². The van der Waals surface area contributed by atoms with Gasteiger partial charge in [0, 0.05) is 44.1 Å². The number of hydrogen-bond donors (Lipinski definition) is 3. The first kappa shape index (κ1) is 24.5. The van der Waals surface area contributed by atoms with Crippen LogP contribution < -0.4 is 15.5 Å². The molecule has 1 saturated carbocycles. The SMILES string of the molecule is C=C(Nc1ccc(C(F)(F)F)cc1)Nc1c[nH]c2ccc(N3CCN(C4CCCC(C)C4)CC3)nc12. The van der Waals surface area contributed by atoms with E-state index in [1.165, 1.54) is 37.8 Å². The molecule has 1 aromatic carbocycles. The van der Waals surface area contributed by atoms with Crippen molar-refractivity contribution in [3.63, 3.8) is 0 Å². The maximum absolute atomic E-state index is 12.8. The van der Waals surface area contributed by atoms with E-state index < -0.39 is 11.7 Å². The second-order valence-electron chi connectivity index (χ2n) is 10.0. The molecule has 0 bridgehead atoms. The number of nitrogens with one attached hydrogen (secondary N) is 3. The number of hydrogen-bond acceptors (Lipinski definition) is 5. The first-order valence-corrected chi connectivity index (χ1v) is 12.6. The molecule has 3 aromatic rings. The quantitative estimate of drug-likeness (QED) is 0.374. The van der Waals surface area contributed by atoms with E-state index in [4.69, 9.17) is 4.98 Å². The van der Waals surface area contributed by atoms with Gasteiger partial charge < -0.3 is 20.5 Å². The van der Waals surface area contributed by atoms with Gasteiger partial charge in [-0.3, -0.25) is 4.90 Å². The minimum atomic E-state index is -4.36. The molecule has 0 radical (unpaired) electrons. The number of rotatable bonds is 6. The molecule has 3 N–H and O–H groups in total. The molecule has 192 valence electrons. The molecule has 1 aliphatic heterocycles. The van der Waals surface area contributed by atoms with E-state index in [-0.39, 0.29) is 0 Å². The van der Waals surface area contributed by atoms with Gasteiger partial charge in [0.25, 0.3) is 0 Å². The summed E-state index contributed by atoms with van der Waals surface area (Å²) in [5.74, 6) is 2.22. The van der Waals surface area contributed by atoms with Crippen molar-refractivity contribution in [2.75, 3.05) is 41.7 Å². The van der Waals surface area contributed by atoms with Crippen molar-refractivity contribution in [1.29, 1.82) is 0 Å². The van der Waals surface area contributed by atoms with Crippen molar-refractivity contribution in [2.45, 2.75) is 44.8 Å². The first-order valence-electron chi connectivity index (χ1n) is 12.6. The lowest BCUT2D eigenvalue weighted by Crippen LogP contribution is -2.51. The number of aromatic nitrogens is 2. The highest BCUT2D eigenvalue weighted by atomic mass is 19.4. The maximum Gasteiger partial charge on any atom is 0.416 e. The van der Waals surface area contributed by atoms with Crippen molar-refractivity contribution in [3.8, 4) is 0 Å². The predicted octanol–water partition coefficient (Wildman–Crippen LogP) is 6.28. The number of aromatic amines is 1. The lowest BCUT2D eigenvalue weighted by atomic mass is 9.86. The molecule has 5 rings (SSSR count). The van der Waals surface area contributed by atoms with Gasteiger partial charge in [0.2, 0.25) is 0 Å². The normalized spacial score (nSPS) is 21.5. The second kappa shape index (κ2) is 10.0. The highest BCUT2D eigenvalue weighted by Crippen LogP contribution is 2.31. The van der Waals surface area contributed by atoms with Crippen molar-refractivity contribution in [3.05, 3.63) is 60.6 Å². The van der Waals surface area contributed by atoms with Crippen LogP contribution in [-0.4, -0.2) is 47.1 Å². The summed E-state index contributed by atoms with van der Waals surface area (Å²) in [7, 11) is 0. The molecule has 2 aliphatic rings. The summed E-state index contributed by atoms with van der Waals surface area (Å²) in [5, 5.41) is 6.20. The van der Waals surface area contributed by atoms with Crippen LogP contribution in [0.3, 0.4) is 0 Å². The molecule has 3 heterocycles. The van der Waals surface area contributed by atoms with Gasteiger partial charge in [-0.25, -0.2) is 4.98 Å². The minimum absolute atomic E-state index is 0.443. The van der Waals surface area contributed by atoms with Crippen LogP contribution in [0.15, 0.2) is 55.0 Å². The Morgan fingerprint density at radius 1 is 1.03 bits per heavy atom. The number of benzene rings is 1. The lowest BCUT2D eigenvalue weighted by molar-refractivity contribution is -0.137. The topological polar surface area (TPSA) is 59.2 Å². The summed E-state index contributed by atoms with van der Waals surface area (Å²) in [4.78, 5) is 13.1. The Morgan fingerprint density at radius 3 is 2.47 bits per heavy atom. The fourth-order valence-corrected chi connectivity index (χ4v) is 5.42. The van der Waals surface area contributed by atoms with Crippen LogP contribution in [-0.2, 0) is 6.18 Å². The summed E-state index contributed by atoms with van der Waals surface area (Å²) in [6.07, 6.45) is 2.79. The molecule has 36 heavy (non-hydrogen) atoms. The zero-order chi connectivity index (χ0) is 25.3. The molecule has 1 saturated heterocycles. The zero-order valence-electron chi connectivity index (χ0n) is 20.5. The highest BCUT2D eigenvalue weighted by Gasteiger charge is 2.30. The number of pyridine rings is 1. The summed E-state index contributed by atoms with van der Waals surface area (Å²) in [6, 6.07) is 9.66. The number of anilines is 3. The van der Waals surface area contributed by atoms with Gasteiger partial charge in [-0.2, -0.15) is 13.2 Å². The Morgan fingerprint density at radius 2 is 1.78 bits per heavy atom. The van der Waals surface area contributed by atoms with Crippen molar-refractivity contribution >= 4 is 28.2 Å². The van der Waals surface area contributed by atoms with E-state index in [9.17, 15) is 13.2 Å². The monoisotopic (exact) mass is 498 g/mol. The molecule has 6 nitrogen and oxygen atoms in total. The van der Waals surface area contributed by atoms with Crippen LogP contribution in [0.5, 0.6) is 0 Å². The van der Waals surface area contributed by atoms with E-state index in [0.717, 1.165) is 72.8 Å². The molecule has 0 amide bonds. The molecular formula is C27H33F3N6. The molecule has 2 unspecified atom stereocenters. The predicted molar refractivity (Wildman–Crippen MR) is 139 cm³/mol. The molecule has 1 aliphatic carbocycles. The summed E-state index contributed by atoms with van der Waals surface area (Å²) in [5.41, 5.74) is 2.28. The fourth-order valence-electron chi connectivity index (χ4n) is 5.42. The van der Waals surface area contributed by atoms with Crippen LogP contribution in [0.1, 0.15) is 38.2 Å². The van der Waals surface area contributed by atoms with Gasteiger partial charge in [-0.1, -0.05) is 26.3 Å². The number of nitrogens with zero attached hydrogens (tertiary/aromatic N) is 3. The third-order valence-corrected chi connectivity index (χ3v) is 7.36. The van der Waals surface area contributed by atoms with Gasteiger partial charge in [0.1, 0.15) is 17.2 Å². The van der Waals surface area contributed by atoms with Crippen LogP contribution in [0.25, 0.3) is 11.0 Å². The van der Waals surface area contributed by atoms with E-state index in [1.807, 2.05) is 12.3 Å². The van der Waals surface area contributed by atoms with Crippen molar-refractivity contribution in [1.82, 2.24) is 14.9 Å². The standard InChI is InChI=1S/C27H33F3N6/c1-18-4-3-5-22(16-18)35-12-14-36(15-13-35)25-11-10-23-26(34-25)24(17-31-23)33-19(2)32-21-8-6-20(7-9-21)27(28,29)30/h6-11,17-18,22,31-33H,2-5,12-16H2,1H3. The van der Waals surface area contributed by atoms with Gasteiger partial charge in [-0.15, -0.1) is 0 Å². The number of fused-ring (bicyclic) bond motifs is 1. The van der Waals surface area contributed by atoms with Crippen LogP contribution >= 0.6 is 0 Å². The third-order valence-electron chi connectivity index (χ3n) is 7.36. The van der Waals surface area contributed by atoms with Gasteiger partial charge >= 0.3 is 6.18 Å². The number of alkyl halides is 3. The number of halogens is 3. The van der Waals surface area contributed by atoms with Gasteiger partial charge in [-0.05, 0) is 55.2 Å². The van der Waals surface area contributed by atoms with Gasteiger partial charge in [0.05, 0.1) is 16.8 Å². The Kier molecular flexibility index (Phi) is 6.83. The summed E-state index contributed by atoms with van der Waals surface area (Å²) in [6.45, 7) is 10.4. The van der Waals surface area contributed by atoms with Crippen LogP contribution in [0, 0.1) is 5.92 Å². The Balaban J connectivity index is 1.22. The fraction of sp³-hybridized carbons (Fsp3) is 0.444. The lowest BCUT2D eigenvalue weighted by Gasteiger charge is -2.42. The summed E-state index contributed by atoms with van der Waals surface area (Å²) < 4.78 is 38.4.